The van der Waals surface area contributed by atoms with Crippen molar-refractivity contribution in [3.8, 4) is 0 Å². The number of sulfone groups is 1. The summed E-state index contributed by atoms with van der Waals surface area (Å²) < 4.78 is 66.2. The Hall–Kier alpha value is -1.97. The highest BCUT2D eigenvalue weighted by molar-refractivity contribution is 7.90. The third-order valence-corrected chi connectivity index (χ3v) is 4.20. The molecule has 0 aromatic carbocycles. The van der Waals surface area contributed by atoms with Gasteiger partial charge in [-0.15, -0.1) is 0 Å². The van der Waals surface area contributed by atoms with E-state index < -0.39 is 32.4 Å². The third kappa shape index (κ3) is 3.62. The summed E-state index contributed by atoms with van der Waals surface area (Å²) >= 11 is 0. The van der Waals surface area contributed by atoms with Crippen molar-refractivity contribution >= 4 is 9.84 Å². The topological polar surface area (TPSA) is 86.0 Å². The van der Waals surface area contributed by atoms with Crippen molar-refractivity contribution in [3.63, 3.8) is 0 Å². The number of hydrogen-bond acceptors (Lipinski definition) is 6. The lowest BCUT2D eigenvalue weighted by molar-refractivity contribution is -0.137. The van der Waals surface area contributed by atoms with E-state index in [-0.39, 0.29) is 11.8 Å². The van der Waals surface area contributed by atoms with Gasteiger partial charge in [0, 0.05) is 12.1 Å². The molecule has 0 saturated heterocycles. The number of alkyl halides is 3. The molecule has 10 heteroatoms. The molecule has 0 bridgehead atoms. The fourth-order valence-corrected chi connectivity index (χ4v) is 2.61. The Bertz CT molecular complexity index is 752. The van der Waals surface area contributed by atoms with Gasteiger partial charge in [0.15, 0.2) is 10.9 Å². The van der Waals surface area contributed by atoms with Gasteiger partial charge < -0.3 is 4.52 Å². The van der Waals surface area contributed by atoms with Crippen LogP contribution in [0.2, 0.25) is 0 Å². The standard InChI is InChI=1S/C12H12F3N3O3S/c1-7(2)11-17-9(21-18-11)6-22(19,20)10-4-3-8(5-16-10)12(13,14)15/h3-5,7H,6H2,1-2H3. The van der Waals surface area contributed by atoms with Gasteiger partial charge in [-0.1, -0.05) is 19.0 Å². The molecule has 6 nitrogen and oxygen atoms in total. The van der Waals surface area contributed by atoms with E-state index in [4.69, 9.17) is 4.52 Å². The van der Waals surface area contributed by atoms with Crippen LogP contribution >= 0.6 is 0 Å². The molecule has 2 heterocycles. The fourth-order valence-electron chi connectivity index (χ4n) is 1.53. The van der Waals surface area contributed by atoms with Crippen LogP contribution in [0.25, 0.3) is 0 Å². The molecular weight excluding hydrogens is 323 g/mol. The van der Waals surface area contributed by atoms with Crippen molar-refractivity contribution in [1.29, 1.82) is 0 Å². The summed E-state index contributed by atoms with van der Waals surface area (Å²) in [5.74, 6) is -0.439. The number of nitrogens with zero attached hydrogens (tertiary/aromatic N) is 3. The number of hydrogen-bond donors (Lipinski definition) is 0. The highest BCUT2D eigenvalue weighted by Crippen LogP contribution is 2.29. The predicted octanol–water partition coefficient (Wildman–Crippen LogP) is 2.58. The molecule has 120 valence electrons. The summed E-state index contributed by atoms with van der Waals surface area (Å²) in [7, 11) is -3.96. The van der Waals surface area contributed by atoms with E-state index in [2.05, 4.69) is 15.1 Å². The Kier molecular flexibility index (Phi) is 4.23. The van der Waals surface area contributed by atoms with E-state index >= 15 is 0 Å². The first kappa shape index (κ1) is 16.4. The monoisotopic (exact) mass is 335 g/mol. The predicted molar refractivity (Wildman–Crippen MR) is 68.5 cm³/mol. The van der Waals surface area contributed by atoms with Gasteiger partial charge in [0.2, 0.25) is 15.7 Å². The Balaban J connectivity index is 2.22. The molecular formula is C12H12F3N3O3S. The fraction of sp³-hybridized carbons (Fsp3) is 0.417. The molecule has 2 aromatic rings. The summed E-state index contributed by atoms with van der Waals surface area (Å²) in [6.45, 7) is 3.61. The maximum absolute atomic E-state index is 12.4. The van der Waals surface area contributed by atoms with Crippen LogP contribution in [0, 0.1) is 0 Å². The molecule has 0 aliphatic rings. The third-order valence-electron chi connectivity index (χ3n) is 2.70. The second-order valence-corrected chi connectivity index (χ2v) is 6.78. The minimum atomic E-state index is -4.58. The maximum atomic E-state index is 12.4. The van der Waals surface area contributed by atoms with Gasteiger partial charge in [-0.3, -0.25) is 0 Å². The van der Waals surface area contributed by atoms with Crippen LogP contribution in [0.15, 0.2) is 27.9 Å². The molecule has 0 fully saturated rings. The van der Waals surface area contributed by atoms with Gasteiger partial charge in [0.05, 0.1) is 5.56 Å². The molecule has 0 radical (unpaired) electrons. The SMILES string of the molecule is CC(C)c1noc(CS(=O)(=O)c2ccc(C(F)(F)F)cn2)n1. The molecule has 0 unspecified atom stereocenters. The number of pyridine rings is 1. The Labute approximate surface area is 124 Å². The molecule has 0 atom stereocenters. The summed E-state index contributed by atoms with van der Waals surface area (Å²) in [5, 5.41) is 3.14. The Morgan fingerprint density at radius 3 is 2.41 bits per heavy atom. The zero-order valence-electron chi connectivity index (χ0n) is 11.6. The Morgan fingerprint density at radius 1 is 1.27 bits per heavy atom. The molecule has 22 heavy (non-hydrogen) atoms. The number of halogens is 3. The quantitative estimate of drug-likeness (QED) is 0.853. The van der Waals surface area contributed by atoms with Gasteiger partial charge in [0.1, 0.15) is 5.75 Å². The van der Waals surface area contributed by atoms with E-state index in [0.717, 1.165) is 6.07 Å². The smallest absolute Gasteiger partial charge is 0.338 e. The van der Waals surface area contributed by atoms with Crippen molar-refractivity contribution in [2.24, 2.45) is 0 Å². The molecule has 2 rings (SSSR count). The van der Waals surface area contributed by atoms with E-state index in [1.165, 1.54) is 0 Å². The van der Waals surface area contributed by atoms with Gasteiger partial charge >= 0.3 is 6.18 Å². The van der Waals surface area contributed by atoms with Gasteiger partial charge in [-0.2, -0.15) is 18.2 Å². The van der Waals surface area contributed by atoms with Crippen molar-refractivity contribution in [3.05, 3.63) is 35.6 Å². The van der Waals surface area contributed by atoms with E-state index in [0.29, 0.717) is 18.1 Å². The summed E-state index contributed by atoms with van der Waals surface area (Å²) in [5.41, 5.74) is -1.02. The average Bonchev–Trinajstić information content (AvgIpc) is 2.86. The van der Waals surface area contributed by atoms with E-state index in [1.807, 2.05) is 0 Å². The molecule has 0 N–H and O–H groups in total. The highest BCUT2D eigenvalue weighted by atomic mass is 32.2. The normalized spacial score (nSPS) is 12.8. The maximum Gasteiger partial charge on any atom is 0.417 e. The molecule has 0 spiro atoms. The first-order chi connectivity index (χ1) is 10.1. The summed E-state index contributed by atoms with van der Waals surface area (Å²) in [6.07, 6.45) is -4.10. The zero-order valence-corrected chi connectivity index (χ0v) is 12.4. The number of rotatable bonds is 4. The van der Waals surface area contributed by atoms with Crippen molar-refractivity contribution in [2.75, 3.05) is 0 Å². The largest absolute Gasteiger partial charge is 0.417 e. The summed E-state index contributed by atoms with van der Waals surface area (Å²) in [4.78, 5) is 7.27. The van der Waals surface area contributed by atoms with E-state index in [9.17, 15) is 21.6 Å². The molecule has 0 aliphatic carbocycles. The number of aromatic nitrogens is 3. The molecule has 0 saturated carbocycles. The molecule has 2 aromatic heterocycles. The van der Waals surface area contributed by atoms with Crippen LogP contribution in [0.3, 0.4) is 0 Å². The first-order valence-electron chi connectivity index (χ1n) is 6.18. The van der Waals surface area contributed by atoms with Crippen LogP contribution in [0.4, 0.5) is 13.2 Å². The van der Waals surface area contributed by atoms with Crippen molar-refractivity contribution in [1.82, 2.24) is 15.1 Å². The second-order valence-electron chi connectivity index (χ2n) is 4.84. The summed E-state index contributed by atoms with van der Waals surface area (Å²) in [6, 6.07) is 1.46. The molecule has 0 amide bonds. The van der Waals surface area contributed by atoms with Gasteiger partial charge in [0.25, 0.3) is 0 Å². The minimum absolute atomic E-state index is 0.0376. The van der Waals surface area contributed by atoms with Crippen LogP contribution in [0.5, 0.6) is 0 Å². The first-order valence-corrected chi connectivity index (χ1v) is 7.83. The average molecular weight is 335 g/mol. The van der Waals surface area contributed by atoms with Crippen molar-refractivity contribution in [2.45, 2.75) is 36.7 Å². The second kappa shape index (κ2) is 5.67. The van der Waals surface area contributed by atoms with Crippen LogP contribution in [-0.4, -0.2) is 23.5 Å². The lowest BCUT2D eigenvalue weighted by Crippen LogP contribution is -2.10. The zero-order chi connectivity index (χ0) is 16.5. The lowest BCUT2D eigenvalue weighted by Gasteiger charge is -2.06. The lowest BCUT2D eigenvalue weighted by atomic mass is 10.2. The molecule has 0 aliphatic heterocycles. The van der Waals surface area contributed by atoms with Crippen LogP contribution in [-0.2, 0) is 21.8 Å². The minimum Gasteiger partial charge on any atom is -0.338 e. The van der Waals surface area contributed by atoms with Crippen LogP contribution in [0.1, 0.15) is 37.0 Å². The van der Waals surface area contributed by atoms with Crippen molar-refractivity contribution < 1.29 is 26.1 Å². The van der Waals surface area contributed by atoms with Crippen LogP contribution < -0.4 is 0 Å². The van der Waals surface area contributed by atoms with Gasteiger partial charge in [-0.25, -0.2) is 13.4 Å². The highest BCUT2D eigenvalue weighted by Gasteiger charge is 2.31. The Morgan fingerprint density at radius 2 is 1.95 bits per heavy atom. The van der Waals surface area contributed by atoms with E-state index in [1.54, 1.807) is 13.8 Å². The van der Waals surface area contributed by atoms with Gasteiger partial charge in [-0.05, 0) is 12.1 Å².